The van der Waals surface area contributed by atoms with Gasteiger partial charge in [0.15, 0.2) is 0 Å². The third kappa shape index (κ3) is 9.37. The highest BCUT2D eigenvalue weighted by Gasteiger charge is 2.92. The Kier molecular flexibility index (Phi) is 14.4. The van der Waals surface area contributed by atoms with Crippen molar-refractivity contribution < 1.29 is 142 Å². The van der Waals surface area contributed by atoms with Gasteiger partial charge in [0.25, 0.3) is 0 Å². The molecule has 0 aliphatic heterocycles. The first kappa shape index (κ1) is 51.9. The zero-order valence-electron chi connectivity index (χ0n) is 24.6. The molecule has 0 spiro atoms. The van der Waals surface area contributed by atoms with Crippen molar-refractivity contribution in [2.24, 2.45) is 0 Å². The SMILES string of the molecule is O=S(=O)(O)OCCN(CC(O)CC(F)(F)C(F)(F)C(F)(F)C(F)(F)C(F)(F)C(F)(F)F)CC(O)CC(F)(F)C(F)(F)C(F)(F)C(F)(F)C(F)(F)C(F)(F)F. The second-order valence-corrected chi connectivity index (χ2v) is 11.8. The van der Waals surface area contributed by atoms with Gasteiger partial charge in [-0.1, -0.05) is 0 Å². The molecular weight excluding hydrogens is 876 g/mol. The summed E-state index contributed by atoms with van der Waals surface area (Å²) in [5, 5.41) is 19.3. The standard InChI is InChI=1S/C20H17F26NO6S/c21-9(22,11(25,26)13(29,30)15(33,34)17(37,38)19(41,42)43)3-7(48)5-47(1-2-53-54(50,51)52)6-8(49)4-10(23,24)12(27,28)14(31,32)16(35,36)18(39,40)20(44,45)46/h7-8,48-49H,1-6H2,(H,50,51,52). The van der Waals surface area contributed by atoms with Crippen molar-refractivity contribution in [3.05, 3.63) is 0 Å². The van der Waals surface area contributed by atoms with Crippen molar-refractivity contribution >= 4 is 10.4 Å². The minimum Gasteiger partial charge on any atom is -0.392 e. The van der Waals surface area contributed by atoms with Crippen molar-refractivity contribution in [2.45, 2.75) is 96.6 Å². The van der Waals surface area contributed by atoms with Crippen LogP contribution in [0.4, 0.5) is 114 Å². The number of rotatable bonds is 20. The van der Waals surface area contributed by atoms with Gasteiger partial charge in [0, 0.05) is 32.5 Å². The van der Waals surface area contributed by atoms with Crippen LogP contribution in [0, 0.1) is 0 Å². The average molecular weight is 893 g/mol. The third-order valence-corrected chi connectivity index (χ3v) is 7.02. The summed E-state index contributed by atoms with van der Waals surface area (Å²) < 4.78 is 379. The van der Waals surface area contributed by atoms with E-state index >= 15 is 0 Å². The topological polar surface area (TPSA) is 107 Å². The number of aliphatic hydroxyl groups is 2. The van der Waals surface area contributed by atoms with Crippen LogP contribution in [0.25, 0.3) is 0 Å². The molecule has 0 aliphatic rings. The molecule has 0 saturated heterocycles. The highest BCUT2D eigenvalue weighted by atomic mass is 32.3. The van der Waals surface area contributed by atoms with Gasteiger partial charge < -0.3 is 10.2 Å². The fraction of sp³-hybridized carbons (Fsp3) is 1.00. The Bertz CT molecular complexity index is 1300. The summed E-state index contributed by atoms with van der Waals surface area (Å²) in [6.45, 7) is -8.04. The summed E-state index contributed by atoms with van der Waals surface area (Å²) in [7, 11) is -5.66. The summed E-state index contributed by atoms with van der Waals surface area (Å²) >= 11 is 0. The lowest BCUT2D eigenvalue weighted by molar-refractivity contribution is -0.440. The Morgan fingerprint density at radius 1 is 0.444 bits per heavy atom. The molecule has 2 unspecified atom stereocenters. The Morgan fingerprint density at radius 2 is 0.685 bits per heavy atom. The molecule has 0 radical (unpaired) electrons. The molecule has 34 heteroatoms. The normalized spacial score (nSPS) is 17.3. The predicted molar refractivity (Wildman–Crippen MR) is 117 cm³/mol. The van der Waals surface area contributed by atoms with E-state index in [1.165, 1.54) is 0 Å². The van der Waals surface area contributed by atoms with Crippen LogP contribution in [0.3, 0.4) is 0 Å². The van der Waals surface area contributed by atoms with E-state index in [1.807, 2.05) is 0 Å². The highest BCUT2D eigenvalue weighted by molar-refractivity contribution is 7.80. The summed E-state index contributed by atoms with van der Waals surface area (Å²) in [6, 6.07) is 0. The molecule has 0 aliphatic carbocycles. The van der Waals surface area contributed by atoms with E-state index in [-0.39, 0.29) is 0 Å². The highest BCUT2D eigenvalue weighted by Crippen LogP contribution is 2.62. The third-order valence-electron chi connectivity index (χ3n) is 6.56. The molecule has 0 heterocycles. The van der Waals surface area contributed by atoms with Gasteiger partial charge in [-0.3, -0.25) is 9.45 Å². The number of hydrogen-bond donors (Lipinski definition) is 3. The molecule has 7 nitrogen and oxygen atoms in total. The van der Waals surface area contributed by atoms with Crippen LogP contribution in [0.1, 0.15) is 12.8 Å². The van der Waals surface area contributed by atoms with Crippen LogP contribution in [0.5, 0.6) is 0 Å². The summed E-state index contributed by atoms with van der Waals surface area (Å²) in [5.41, 5.74) is 0. The van der Waals surface area contributed by atoms with Crippen molar-refractivity contribution in [3.63, 3.8) is 0 Å². The Labute approximate surface area is 280 Å². The van der Waals surface area contributed by atoms with Crippen molar-refractivity contribution in [3.8, 4) is 0 Å². The molecule has 3 N–H and O–H groups in total. The molecule has 0 rings (SSSR count). The van der Waals surface area contributed by atoms with Crippen LogP contribution >= 0.6 is 0 Å². The maximum Gasteiger partial charge on any atom is 0.460 e. The van der Waals surface area contributed by atoms with Crippen LogP contribution in [0.2, 0.25) is 0 Å². The molecule has 0 aromatic heterocycles. The van der Waals surface area contributed by atoms with E-state index in [9.17, 15) is 133 Å². The molecule has 0 aromatic rings. The molecular formula is C20H17F26NO6S. The van der Waals surface area contributed by atoms with Crippen LogP contribution in [-0.2, 0) is 14.6 Å². The lowest BCUT2D eigenvalue weighted by Gasteiger charge is -2.40. The fourth-order valence-electron chi connectivity index (χ4n) is 3.71. The minimum atomic E-state index is -8.43. The van der Waals surface area contributed by atoms with E-state index in [1.54, 1.807) is 0 Å². The number of aliphatic hydroxyl groups excluding tert-OH is 2. The van der Waals surface area contributed by atoms with Gasteiger partial charge in [-0.25, -0.2) is 4.18 Å². The van der Waals surface area contributed by atoms with E-state index in [0.29, 0.717) is 0 Å². The van der Waals surface area contributed by atoms with Gasteiger partial charge in [-0.15, -0.1) is 0 Å². The molecule has 0 bridgehead atoms. The molecule has 0 amide bonds. The number of hydrogen-bond acceptors (Lipinski definition) is 6. The quantitative estimate of drug-likeness (QED) is 0.0887. The molecule has 0 fully saturated rings. The maximum atomic E-state index is 14.1. The van der Waals surface area contributed by atoms with Crippen LogP contribution in [0.15, 0.2) is 0 Å². The molecule has 0 aromatic carbocycles. The van der Waals surface area contributed by atoms with E-state index in [2.05, 4.69) is 4.18 Å². The summed E-state index contributed by atoms with van der Waals surface area (Å²) in [6.07, 6.45) is -30.2. The lowest BCUT2D eigenvalue weighted by Crippen LogP contribution is -2.70. The van der Waals surface area contributed by atoms with Gasteiger partial charge in [0.2, 0.25) is 0 Å². The Balaban J connectivity index is 6.55. The Hall–Kier alpha value is -2.07. The van der Waals surface area contributed by atoms with Gasteiger partial charge in [-0.2, -0.15) is 123 Å². The van der Waals surface area contributed by atoms with E-state index in [4.69, 9.17) is 4.55 Å². The molecule has 54 heavy (non-hydrogen) atoms. The zero-order chi connectivity index (χ0) is 44.2. The first-order valence-electron chi connectivity index (χ1n) is 12.7. The summed E-state index contributed by atoms with van der Waals surface area (Å²) in [4.78, 5) is -0.474. The monoisotopic (exact) mass is 893 g/mol. The largest absolute Gasteiger partial charge is 0.460 e. The zero-order valence-corrected chi connectivity index (χ0v) is 25.5. The summed E-state index contributed by atoms with van der Waals surface area (Å²) in [5.74, 6) is -80.4. The molecule has 0 saturated carbocycles. The first-order valence-corrected chi connectivity index (χ1v) is 14.1. The smallest absolute Gasteiger partial charge is 0.392 e. The second-order valence-electron chi connectivity index (χ2n) is 10.7. The lowest BCUT2D eigenvalue weighted by atomic mass is 9.91. The van der Waals surface area contributed by atoms with E-state index < -0.39 is 138 Å². The van der Waals surface area contributed by atoms with Gasteiger partial charge >= 0.3 is 82.0 Å². The van der Waals surface area contributed by atoms with Gasteiger partial charge in [0.05, 0.1) is 18.8 Å². The van der Waals surface area contributed by atoms with Crippen molar-refractivity contribution in [1.29, 1.82) is 0 Å². The van der Waals surface area contributed by atoms with Crippen LogP contribution in [-0.4, -0.2) is 138 Å². The predicted octanol–water partition coefficient (Wildman–Crippen LogP) is 7.09. The van der Waals surface area contributed by atoms with Gasteiger partial charge in [0.1, 0.15) is 0 Å². The maximum absolute atomic E-state index is 14.1. The van der Waals surface area contributed by atoms with Crippen molar-refractivity contribution in [2.75, 3.05) is 26.2 Å². The number of halogens is 26. The average Bonchev–Trinajstić information content (AvgIpc) is 2.89. The van der Waals surface area contributed by atoms with Gasteiger partial charge in [-0.05, 0) is 0 Å². The van der Waals surface area contributed by atoms with Crippen molar-refractivity contribution in [1.82, 2.24) is 4.90 Å². The number of alkyl halides is 26. The van der Waals surface area contributed by atoms with Crippen LogP contribution < -0.4 is 0 Å². The molecule has 326 valence electrons. The molecule has 2 atom stereocenters. The number of nitrogens with zero attached hydrogens (tertiary/aromatic N) is 1. The first-order chi connectivity index (χ1) is 23.1. The van der Waals surface area contributed by atoms with E-state index in [0.717, 1.165) is 0 Å². The fourth-order valence-corrected chi connectivity index (χ4v) is 3.99. The second kappa shape index (κ2) is 15.0. The minimum absolute atomic E-state index is 0.474. The Morgan fingerprint density at radius 3 is 0.907 bits per heavy atom.